The molecule has 2 fully saturated rings. The van der Waals surface area contributed by atoms with Crippen molar-refractivity contribution in [3.63, 3.8) is 0 Å². The number of amides is 1. The minimum Gasteiger partial charge on any atom is -0.398 e. The summed E-state index contributed by atoms with van der Waals surface area (Å²) < 4.78 is 0. The van der Waals surface area contributed by atoms with Gasteiger partial charge in [-0.1, -0.05) is 11.6 Å². The maximum Gasteiger partial charge on any atom is 0.253 e. The van der Waals surface area contributed by atoms with Gasteiger partial charge >= 0.3 is 0 Å². The second-order valence-corrected chi connectivity index (χ2v) is 6.26. The van der Waals surface area contributed by atoms with Crippen LogP contribution in [0.4, 0.5) is 5.69 Å². The molecule has 4 nitrogen and oxygen atoms in total. The lowest BCUT2D eigenvalue weighted by atomic mass is 10.1. The summed E-state index contributed by atoms with van der Waals surface area (Å²) >= 11 is 5.91. The van der Waals surface area contributed by atoms with Crippen LogP contribution < -0.4 is 11.1 Å². The number of likely N-dealkylation sites (tertiary alicyclic amines) is 1. The summed E-state index contributed by atoms with van der Waals surface area (Å²) in [6.45, 7) is 2.99. The highest BCUT2D eigenvalue weighted by Gasteiger charge is 2.34. The van der Waals surface area contributed by atoms with Crippen LogP contribution in [0, 0.1) is 5.92 Å². The Morgan fingerprint density at radius 2 is 2.20 bits per heavy atom. The molecule has 1 amide bonds. The lowest BCUT2D eigenvalue weighted by Gasteiger charge is -2.15. The van der Waals surface area contributed by atoms with E-state index < -0.39 is 0 Å². The molecule has 0 spiro atoms. The molecule has 2 aliphatic rings. The predicted molar refractivity (Wildman–Crippen MR) is 80.9 cm³/mol. The van der Waals surface area contributed by atoms with Crippen LogP contribution in [0.2, 0.25) is 5.02 Å². The SMILES string of the molecule is Nc1ccc(Cl)cc1C(=O)NCC1CCN(C2CC2)C1. The first-order valence-corrected chi connectivity index (χ1v) is 7.58. The van der Waals surface area contributed by atoms with Crippen LogP contribution >= 0.6 is 11.6 Å². The van der Waals surface area contributed by atoms with Gasteiger partial charge < -0.3 is 16.0 Å². The fraction of sp³-hybridized carbons (Fsp3) is 0.533. The molecule has 0 bridgehead atoms. The topological polar surface area (TPSA) is 58.4 Å². The van der Waals surface area contributed by atoms with Crippen molar-refractivity contribution < 1.29 is 4.79 Å². The van der Waals surface area contributed by atoms with Gasteiger partial charge in [0.05, 0.1) is 5.56 Å². The second-order valence-electron chi connectivity index (χ2n) is 5.82. The Bertz CT molecular complexity index is 516. The van der Waals surface area contributed by atoms with E-state index in [0.717, 1.165) is 12.6 Å². The highest BCUT2D eigenvalue weighted by molar-refractivity contribution is 6.31. The Morgan fingerprint density at radius 1 is 1.40 bits per heavy atom. The van der Waals surface area contributed by atoms with Crippen molar-refractivity contribution in [1.29, 1.82) is 0 Å². The average molecular weight is 294 g/mol. The van der Waals surface area contributed by atoms with Gasteiger partial charge in [-0.3, -0.25) is 4.79 Å². The van der Waals surface area contributed by atoms with Crippen LogP contribution in [-0.4, -0.2) is 36.5 Å². The number of nitrogens with two attached hydrogens (primary N) is 1. The van der Waals surface area contributed by atoms with Crippen LogP contribution in [-0.2, 0) is 0 Å². The molecule has 1 heterocycles. The van der Waals surface area contributed by atoms with Crippen molar-refractivity contribution in [3.05, 3.63) is 28.8 Å². The van der Waals surface area contributed by atoms with Crippen molar-refractivity contribution in [2.24, 2.45) is 5.92 Å². The molecule has 0 aromatic heterocycles. The lowest BCUT2D eigenvalue weighted by Crippen LogP contribution is -2.31. The van der Waals surface area contributed by atoms with Crippen molar-refractivity contribution >= 4 is 23.2 Å². The molecule has 1 aliphatic carbocycles. The lowest BCUT2D eigenvalue weighted by molar-refractivity contribution is 0.0948. The van der Waals surface area contributed by atoms with Crippen LogP contribution in [0.1, 0.15) is 29.6 Å². The zero-order chi connectivity index (χ0) is 14.1. The van der Waals surface area contributed by atoms with Gasteiger partial charge in [0.2, 0.25) is 0 Å². The first kappa shape index (κ1) is 13.7. The molecular formula is C15H20ClN3O. The van der Waals surface area contributed by atoms with Gasteiger partial charge in [0.25, 0.3) is 5.91 Å². The number of nitrogens with zero attached hydrogens (tertiary/aromatic N) is 1. The van der Waals surface area contributed by atoms with Crippen molar-refractivity contribution in [2.75, 3.05) is 25.4 Å². The van der Waals surface area contributed by atoms with E-state index >= 15 is 0 Å². The zero-order valence-electron chi connectivity index (χ0n) is 11.4. The van der Waals surface area contributed by atoms with Crippen molar-refractivity contribution in [1.82, 2.24) is 10.2 Å². The summed E-state index contributed by atoms with van der Waals surface area (Å²) in [6, 6.07) is 5.80. The normalized spacial score (nSPS) is 22.9. The van der Waals surface area contributed by atoms with Gasteiger partial charge in [0.1, 0.15) is 0 Å². The maximum atomic E-state index is 12.1. The third kappa shape index (κ3) is 3.07. The van der Waals surface area contributed by atoms with Crippen LogP contribution in [0.15, 0.2) is 18.2 Å². The van der Waals surface area contributed by atoms with E-state index in [1.54, 1.807) is 18.2 Å². The molecule has 1 unspecified atom stereocenters. The number of benzene rings is 1. The largest absolute Gasteiger partial charge is 0.398 e. The van der Waals surface area contributed by atoms with Crippen LogP contribution in [0.25, 0.3) is 0 Å². The Labute approximate surface area is 124 Å². The highest BCUT2D eigenvalue weighted by atomic mass is 35.5. The molecule has 108 valence electrons. The fourth-order valence-corrected chi connectivity index (χ4v) is 3.03. The van der Waals surface area contributed by atoms with Gasteiger partial charge in [-0.05, 0) is 49.9 Å². The molecule has 1 aliphatic heterocycles. The number of nitrogens with one attached hydrogen (secondary N) is 1. The van der Waals surface area contributed by atoms with E-state index in [1.807, 2.05) is 0 Å². The number of hydrogen-bond donors (Lipinski definition) is 2. The van der Waals surface area contributed by atoms with Gasteiger partial charge in [0.15, 0.2) is 0 Å². The Balaban J connectivity index is 1.53. The van der Waals surface area contributed by atoms with E-state index in [4.69, 9.17) is 17.3 Å². The van der Waals surface area contributed by atoms with E-state index in [-0.39, 0.29) is 5.91 Å². The smallest absolute Gasteiger partial charge is 0.253 e. The highest BCUT2D eigenvalue weighted by Crippen LogP contribution is 2.31. The van der Waals surface area contributed by atoms with E-state index in [9.17, 15) is 4.79 Å². The molecule has 0 radical (unpaired) electrons. The third-order valence-corrected chi connectivity index (χ3v) is 4.43. The monoisotopic (exact) mass is 293 g/mol. The summed E-state index contributed by atoms with van der Waals surface area (Å²) in [5.41, 5.74) is 6.75. The van der Waals surface area contributed by atoms with E-state index in [1.165, 1.54) is 25.8 Å². The number of carbonyl (C=O) groups is 1. The number of carbonyl (C=O) groups excluding carboxylic acids is 1. The molecular weight excluding hydrogens is 274 g/mol. The number of hydrogen-bond acceptors (Lipinski definition) is 3. The molecule has 1 aromatic carbocycles. The van der Waals surface area contributed by atoms with E-state index in [2.05, 4.69) is 10.2 Å². The molecule has 3 rings (SSSR count). The summed E-state index contributed by atoms with van der Waals surface area (Å²) in [4.78, 5) is 14.7. The van der Waals surface area contributed by atoms with E-state index in [0.29, 0.717) is 28.7 Å². The standard InChI is InChI=1S/C15H20ClN3O/c16-11-1-4-14(17)13(7-11)15(20)18-8-10-5-6-19(9-10)12-2-3-12/h1,4,7,10,12H,2-3,5-6,8-9,17H2,(H,18,20). The predicted octanol–water partition coefficient (Wildman–Crippen LogP) is 2.14. The number of nitrogen functional groups attached to an aromatic ring is 1. The van der Waals surface area contributed by atoms with Crippen LogP contribution in [0.5, 0.6) is 0 Å². The number of rotatable bonds is 4. The Hall–Kier alpha value is -1.26. The molecule has 20 heavy (non-hydrogen) atoms. The molecule has 1 saturated carbocycles. The van der Waals surface area contributed by atoms with Crippen molar-refractivity contribution in [3.8, 4) is 0 Å². The zero-order valence-corrected chi connectivity index (χ0v) is 12.2. The molecule has 1 atom stereocenters. The number of anilines is 1. The third-order valence-electron chi connectivity index (χ3n) is 4.19. The van der Waals surface area contributed by atoms with Gasteiger partial charge in [-0.15, -0.1) is 0 Å². The maximum absolute atomic E-state index is 12.1. The molecule has 5 heteroatoms. The quantitative estimate of drug-likeness (QED) is 0.836. The summed E-state index contributed by atoms with van der Waals surface area (Å²) in [6.07, 6.45) is 3.86. The Kier molecular flexibility index (Phi) is 3.85. The molecule has 1 saturated heterocycles. The van der Waals surface area contributed by atoms with Crippen LogP contribution in [0.3, 0.4) is 0 Å². The molecule has 3 N–H and O–H groups in total. The fourth-order valence-electron chi connectivity index (χ4n) is 2.86. The first-order valence-electron chi connectivity index (χ1n) is 7.21. The van der Waals surface area contributed by atoms with Crippen molar-refractivity contribution in [2.45, 2.75) is 25.3 Å². The Morgan fingerprint density at radius 3 is 2.95 bits per heavy atom. The van der Waals surface area contributed by atoms with Gasteiger partial charge in [-0.25, -0.2) is 0 Å². The average Bonchev–Trinajstić information content (AvgIpc) is 3.18. The molecule has 1 aromatic rings. The van der Waals surface area contributed by atoms with Gasteiger partial charge in [-0.2, -0.15) is 0 Å². The first-order chi connectivity index (χ1) is 9.63. The summed E-state index contributed by atoms with van der Waals surface area (Å²) in [7, 11) is 0. The minimum atomic E-state index is -0.130. The summed E-state index contributed by atoms with van der Waals surface area (Å²) in [5, 5.41) is 3.52. The number of halogens is 1. The minimum absolute atomic E-state index is 0.130. The summed E-state index contributed by atoms with van der Waals surface area (Å²) in [5.74, 6) is 0.426. The van der Waals surface area contributed by atoms with Gasteiger partial charge in [0, 0.05) is 29.8 Å². The second kappa shape index (κ2) is 5.62.